The van der Waals surface area contributed by atoms with Crippen molar-refractivity contribution in [1.82, 2.24) is 0 Å². The molecule has 1 aromatic carbocycles. The Morgan fingerprint density at radius 3 is 2.50 bits per heavy atom. The van der Waals surface area contributed by atoms with Gasteiger partial charge in [0.05, 0.1) is 0 Å². The maximum atomic E-state index is 2.31. The number of aromatic nitrogens is 1. The average Bonchev–Trinajstić information content (AvgIpc) is 2.18. The summed E-state index contributed by atoms with van der Waals surface area (Å²) in [6.45, 7) is 6.60. The molecular formula is C13H16N+. The van der Waals surface area contributed by atoms with E-state index in [1.54, 1.807) is 0 Å². The van der Waals surface area contributed by atoms with Gasteiger partial charge in [-0.2, -0.15) is 0 Å². The third kappa shape index (κ3) is 1.39. The highest BCUT2D eigenvalue weighted by molar-refractivity contribution is 5.83. The molecule has 2 aromatic rings. The molecule has 0 saturated heterocycles. The van der Waals surface area contributed by atoms with Gasteiger partial charge in [-0.3, -0.25) is 0 Å². The third-order valence-corrected chi connectivity index (χ3v) is 2.71. The SMILES string of the molecule is Cc1c2ccccc2cc[n+]1C(C)C. The molecule has 1 heterocycles. The molecule has 0 radical (unpaired) electrons. The fourth-order valence-electron chi connectivity index (χ4n) is 1.94. The lowest BCUT2D eigenvalue weighted by molar-refractivity contribution is -0.720. The second kappa shape index (κ2) is 3.41. The van der Waals surface area contributed by atoms with Crippen LogP contribution in [0, 0.1) is 6.92 Å². The van der Waals surface area contributed by atoms with Gasteiger partial charge in [-0.15, -0.1) is 0 Å². The van der Waals surface area contributed by atoms with Crippen molar-refractivity contribution in [3.8, 4) is 0 Å². The Morgan fingerprint density at radius 1 is 1.07 bits per heavy atom. The van der Waals surface area contributed by atoms with Crippen LogP contribution in [0.4, 0.5) is 0 Å². The Balaban J connectivity index is 2.75. The summed E-state index contributed by atoms with van der Waals surface area (Å²) in [5.74, 6) is 0. The summed E-state index contributed by atoms with van der Waals surface area (Å²) in [6, 6.07) is 11.2. The summed E-state index contributed by atoms with van der Waals surface area (Å²) in [6.07, 6.45) is 2.17. The molecule has 0 aliphatic rings. The van der Waals surface area contributed by atoms with E-state index in [0.29, 0.717) is 6.04 Å². The minimum absolute atomic E-state index is 0.527. The van der Waals surface area contributed by atoms with E-state index in [0.717, 1.165) is 0 Å². The number of hydrogen-bond acceptors (Lipinski definition) is 0. The Hall–Kier alpha value is -1.37. The molecule has 1 aromatic heterocycles. The maximum Gasteiger partial charge on any atom is 0.186 e. The normalized spacial score (nSPS) is 11.1. The van der Waals surface area contributed by atoms with Crippen LogP contribution in [-0.4, -0.2) is 0 Å². The molecular weight excluding hydrogens is 170 g/mol. The van der Waals surface area contributed by atoms with E-state index in [2.05, 4.69) is 61.9 Å². The maximum absolute atomic E-state index is 2.31. The molecule has 0 spiro atoms. The van der Waals surface area contributed by atoms with Crippen LogP contribution in [0.25, 0.3) is 10.8 Å². The zero-order chi connectivity index (χ0) is 10.1. The molecule has 0 N–H and O–H groups in total. The van der Waals surface area contributed by atoms with Gasteiger partial charge in [-0.25, -0.2) is 4.57 Å². The lowest BCUT2D eigenvalue weighted by Crippen LogP contribution is -2.38. The average molecular weight is 186 g/mol. The number of hydrogen-bond donors (Lipinski definition) is 0. The first kappa shape index (κ1) is 9.20. The molecule has 1 nitrogen and oxygen atoms in total. The lowest BCUT2D eigenvalue weighted by Gasteiger charge is -2.06. The van der Waals surface area contributed by atoms with E-state index in [-0.39, 0.29) is 0 Å². The van der Waals surface area contributed by atoms with Crippen LogP contribution >= 0.6 is 0 Å². The van der Waals surface area contributed by atoms with E-state index in [4.69, 9.17) is 0 Å². The van der Waals surface area contributed by atoms with Gasteiger partial charge in [0.1, 0.15) is 0 Å². The first-order valence-corrected chi connectivity index (χ1v) is 5.09. The first-order chi connectivity index (χ1) is 6.70. The quantitative estimate of drug-likeness (QED) is 0.603. The van der Waals surface area contributed by atoms with Crippen LogP contribution in [-0.2, 0) is 0 Å². The molecule has 0 aliphatic heterocycles. The van der Waals surface area contributed by atoms with E-state index in [1.165, 1.54) is 16.5 Å². The van der Waals surface area contributed by atoms with Crippen molar-refractivity contribution in [2.75, 3.05) is 0 Å². The van der Waals surface area contributed by atoms with Gasteiger partial charge in [0.2, 0.25) is 0 Å². The van der Waals surface area contributed by atoms with Crippen LogP contribution in [0.5, 0.6) is 0 Å². The second-order valence-corrected chi connectivity index (χ2v) is 3.99. The number of pyridine rings is 1. The van der Waals surface area contributed by atoms with Crippen LogP contribution in [0.15, 0.2) is 36.5 Å². The summed E-state index contributed by atoms with van der Waals surface area (Å²) in [4.78, 5) is 0. The highest BCUT2D eigenvalue weighted by Gasteiger charge is 2.12. The van der Waals surface area contributed by atoms with Crippen LogP contribution in [0.1, 0.15) is 25.6 Å². The van der Waals surface area contributed by atoms with Crippen molar-refractivity contribution in [2.45, 2.75) is 26.8 Å². The van der Waals surface area contributed by atoms with Gasteiger partial charge >= 0.3 is 0 Å². The molecule has 2 rings (SSSR count). The van der Waals surface area contributed by atoms with Gasteiger partial charge in [0, 0.05) is 18.4 Å². The molecule has 0 unspecified atom stereocenters. The van der Waals surface area contributed by atoms with Crippen molar-refractivity contribution in [1.29, 1.82) is 0 Å². The number of benzene rings is 1. The predicted molar refractivity (Wildman–Crippen MR) is 59.3 cm³/mol. The third-order valence-electron chi connectivity index (χ3n) is 2.71. The molecule has 72 valence electrons. The number of fused-ring (bicyclic) bond motifs is 1. The number of rotatable bonds is 1. The van der Waals surface area contributed by atoms with Crippen LogP contribution < -0.4 is 4.57 Å². The van der Waals surface area contributed by atoms with Crippen molar-refractivity contribution >= 4 is 10.8 Å². The summed E-state index contributed by atoms with van der Waals surface area (Å²) in [7, 11) is 0. The molecule has 0 bridgehead atoms. The number of nitrogens with zero attached hydrogens (tertiary/aromatic N) is 1. The highest BCUT2D eigenvalue weighted by Crippen LogP contribution is 2.15. The molecule has 0 amide bonds. The Bertz CT molecular complexity index is 458. The second-order valence-electron chi connectivity index (χ2n) is 3.99. The van der Waals surface area contributed by atoms with Gasteiger partial charge in [-0.05, 0) is 25.3 Å². The molecule has 0 atom stereocenters. The topological polar surface area (TPSA) is 3.88 Å². The number of aryl methyl sites for hydroxylation is 1. The first-order valence-electron chi connectivity index (χ1n) is 5.09. The zero-order valence-corrected chi connectivity index (χ0v) is 8.99. The molecule has 0 fully saturated rings. The van der Waals surface area contributed by atoms with Crippen LogP contribution in [0.2, 0.25) is 0 Å². The zero-order valence-electron chi connectivity index (χ0n) is 8.99. The summed E-state index contributed by atoms with van der Waals surface area (Å²) < 4.78 is 2.31. The minimum Gasteiger partial charge on any atom is -0.200 e. The summed E-state index contributed by atoms with van der Waals surface area (Å²) in [5.41, 5.74) is 1.35. The highest BCUT2D eigenvalue weighted by atomic mass is 15.0. The van der Waals surface area contributed by atoms with E-state index < -0.39 is 0 Å². The fourth-order valence-corrected chi connectivity index (χ4v) is 1.94. The lowest BCUT2D eigenvalue weighted by atomic mass is 10.1. The molecule has 14 heavy (non-hydrogen) atoms. The largest absolute Gasteiger partial charge is 0.200 e. The van der Waals surface area contributed by atoms with E-state index >= 15 is 0 Å². The van der Waals surface area contributed by atoms with Crippen molar-refractivity contribution < 1.29 is 4.57 Å². The smallest absolute Gasteiger partial charge is 0.186 e. The predicted octanol–water partition coefficient (Wildman–Crippen LogP) is 3.02. The van der Waals surface area contributed by atoms with E-state index in [1.807, 2.05) is 0 Å². The molecule has 0 saturated carbocycles. The van der Waals surface area contributed by atoms with Crippen LogP contribution in [0.3, 0.4) is 0 Å². The van der Waals surface area contributed by atoms with Crippen molar-refractivity contribution in [3.05, 3.63) is 42.2 Å². The monoisotopic (exact) mass is 186 g/mol. The fraction of sp³-hybridized carbons (Fsp3) is 0.308. The van der Waals surface area contributed by atoms with Gasteiger partial charge in [-0.1, -0.05) is 18.2 Å². The Morgan fingerprint density at radius 2 is 1.79 bits per heavy atom. The Labute approximate surface area is 85.0 Å². The summed E-state index contributed by atoms with van der Waals surface area (Å²) >= 11 is 0. The molecule has 1 heteroatoms. The molecule has 0 aliphatic carbocycles. The van der Waals surface area contributed by atoms with Gasteiger partial charge in [0.25, 0.3) is 0 Å². The van der Waals surface area contributed by atoms with Crippen molar-refractivity contribution in [2.24, 2.45) is 0 Å². The standard InChI is InChI=1S/C13H16N/c1-10(2)14-9-8-12-6-4-5-7-13(12)11(14)3/h4-10H,1-3H3/q+1. The van der Waals surface area contributed by atoms with Gasteiger partial charge < -0.3 is 0 Å². The minimum atomic E-state index is 0.527. The van der Waals surface area contributed by atoms with E-state index in [9.17, 15) is 0 Å². The summed E-state index contributed by atoms with van der Waals surface area (Å²) in [5, 5.41) is 2.67. The van der Waals surface area contributed by atoms with Gasteiger partial charge in [0.15, 0.2) is 17.9 Å². The van der Waals surface area contributed by atoms with Crippen molar-refractivity contribution in [3.63, 3.8) is 0 Å². The Kier molecular flexibility index (Phi) is 2.24.